The maximum atomic E-state index is 13.1. The van der Waals surface area contributed by atoms with E-state index in [1.165, 1.54) is 17.7 Å². The smallest absolute Gasteiger partial charge is 0.271 e. The van der Waals surface area contributed by atoms with E-state index in [0.717, 1.165) is 22.6 Å². The molecule has 2 heterocycles. The van der Waals surface area contributed by atoms with Crippen molar-refractivity contribution >= 4 is 5.91 Å². The van der Waals surface area contributed by atoms with Crippen molar-refractivity contribution in [1.29, 1.82) is 0 Å². The van der Waals surface area contributed by atoms with Gasteiger partial charge in [0.15, 0.2) is 5.69 Å². The third-order valence-electron chi connectivity index (χ3n) is 4.91. The van der Waals surface area contributed by atoms with Crippen LogP contribution in [0.5, 0.6) is 0 Å². The van der Waals surface area contributed by atoms with Crippen molar-refractivity contribution in [2.45, 2.75) is 33.7 Å². The molecule has 0 unspecified atom stereocenters. The van der Waals surface area contributed by atoms with Crippen LogP contribution in [-0.4, -0.2) is 32.0 Å². The highest BCUT2D eigenvalue weighted by Gasteiger charge is 2.17. The molecule has 27 heavy (non-hydrogen) atoms. The molecule has 0 radical (unpaired) electrons. The summed E-state index contributed by atoms with van der Waals surface area (Å²) in [4.78, 5) is 12.5. The summed E-state index contributed by atoms with van der Waals surface area (Å²) >= 11 is 0. The van der Waals surface area contributed by atoms with Crippen molar-refractivity contribution in [2.24, 2.45) is 7.05 Å². The van der Waals surface area contributed by atoms with Crippen molar-refractivity contribution in [3.63, 3.8) is 0 Å². The fraction of sp³-hybridized carbons (Fsp3) is 0.350. The van der Waals surface area contributed by atoms with Gasteiger partial charge in [0.2, 0.25) is 0 Å². The zero-order chi connectivity index (χ0) is 19.7. The van der Waals surface area contributed by atoms with Gasteiger partial charge in [-0.05, 0) is 69.2 Å². The summed E-state index contributed by atoms with van der Waals surface area (Å²) < 4.78 is 16.7. The number of carbonyl (C=O) groups excluding carboxylic acids is 1. The highest BCUT2D eigenvalue weighted by atomic mass is 19.1. The zero-order valence-corrected chi connectivity index (χ0v) is 16.2. The number of aryl methyl sites for hydroxylation is 2. The van der Waals surface area contributed by atoms with E-state index in [2.05, 4.69) is 15.5 Å². The summed E-state index contributed by atoms with van der Waals surface area (Å²) in [5.41, 5.74) is 5.15. The van der Waals surface area contributed by atoms with Gasteiger partial charge in [-0.3, -0.25) is 14.2 Å². The summed E-state index contributed by atoms with van der Waals surface area (Å²) in [6, 6.07) is 7.85. The number of rotatable bonds is 5. The van der Waals surface area contributed by atoms with Gasteiger partial charge >= 0.3 is 0 Å². The molecule has 0 saturated carbocycles. The molecule has 6 nitrogen and oxygen atoms in total. The third-order valence-corrected chi connectivity index (χ3v) is 4.91. The van der Waals surface area contributed by atoms with E-state index in [1.807, 2.05) is 32.4 Å². The molecular weight excluding hydrogens is 345 g/mol. The summed E-state index contributed by atoms with van der Waals surface area (Å²) in [6.45, 7) is 8.52. The number of hydrogen-bond acceptors (Lipinski definition) is 3. The zero-order valence-electron chi connectivity index (χ0n) is 16.2. The van der Waals surface area contributed by atoms with E-state index in [1.54, 1.807) is 29.9 Å². The number of carbonyl (C=O) groups is 1. The van der Waals surface area contributed by atoms with E-state index in [4.69, 9.17) is 0 Å². The van der Waals surface area contributed by atoms with Gasteiger partial charge in [-0.15, -0.1) is 0 Å². The minimum absolute atomic E-state index is 0.0293. The maximum absolute atomic E-state index is 13.1. The summed E-state index contributed by atoms with van der Waals surface area (Å²) in [5, 5.41) is 11.7. The second-order valence-electron chi connectivity index (χ2n) is 6.84. The molecule has 2 aromatic heterocycles. The van der Waals surface area contributed by atoms with Crippen LogP contribution < -0.4 is 5.32 Å². The lowest BCUT2D eigenvalue weighted by Crippen LogP contribution is -2.30. The monoisotopic (exact) mass is 369 g/mol. The molecular formula is C20H24FN5O. The molecule has 0 aliphatic heterocycles. The Kier molecular flexibility index (Phi) is 5.12. The SMILES string of the molecule is Cc1nn([C@@H](C)CNC(=O)c2cc(-c3ccc(F)cc3)n(C)n2)c(C)c1C. The fourth-order valence-corrected chi connectivity index (χ4v) is 3.06. The Morgan fingerprint density at radius 3 is 2.44 bits per heavy atom. The number of nitrogens with one attached hydrogen (secondary N) is 1. The summed E-state index contributed by atoms with van der Waals surface area (Å²) in [7, 11) is 1.76. The molecule has 1 amide bonds. The lowest BCUT2D eigenvalue weighted by atomic mass is 10.1. The van der Waals surface area contributed by atoms with Crippen LogP contribution in [0.1, 0.15) is 40.4 Å². The maximum Gasteiger partial charge on any atom is 0.271 e. The van der Waals surface area contributed by atoms with Crippen LogP contribution in [0.15, 0.2) is 30.3 Å². The Balaban J connectivity index is 1.70. The lowest BCUT2D eigenvalue weighted by Gasteiger charge is -2.15. The Hall–Kier alpha value is -2.96. The Morgan fingerprint density at radius 1 is 1.19 bits per heavy atom. The molecule has 0 aliphatic carbocycles. The first-order valence-corrected chi connectivity index (χ1v) is 8.88. The van der Waals surface area contributed by atoms with Crippen molar-refractivity contribution in [3.8, 4) is 11.3 Å². The molecule has 1 aromatic carbocycles. The second kappa shape index (κ2) is 7.34. The highest BCUT2D eigenvalue weighted by molar-refractivity contribution is 5.93. The molecule has 0 fully saturated rings. The average molecular weight is 369 g/mol. The number of benzene rings is 1. The minimum Gasteiger partial charge on any atom is -0.349 e. The van der Waals surface area contributed by atoms with E-state index in [9.17, 15) is 9.18 Å². The Bertz CT molecular complexity index is 971. The number of nitrogens with zero attached hydrogens (tertiary/aromatic N) is 4. The highest BCUT2D eigenvalue weighted by Crippen LogP contribution is 2.20. The molecule has 0 bridgehead atoms. The number of amides is 1. The number of aromatic nitrogens is 4. The molecule has 3 rings (SSSR count). The lowest BCUT2D eigenvalue weighted by molar-refractivity contribution is 0.0942. The fourth-order valence-electron chi connectivity index (χ4n) is 3.06. The second-order valence-corrected chi connectivity index (χ2v) is 6.84. The van der Waals surface area contributed by atoms with Gasteiger partial charge in [0, 0.05) is 19.3 Å². The standard InChI is InChI=1S/C20H24FN5O/c1-12(26-15(4)13(2)14(3)23-26)11-22-20(27)18-10-19(25(5)24-18)16-6-8-17(21)9-7-16/h6-10,12H,11H2,1-5H3,(H,22,27)/t12-/m0/s1. The van der Waals surface area contributed by atoms with Crippen LogP contribution >= 0.6 is 0 Å². The van der Waals surface area contributed by atoms with Crippen molar-refractivity contribution in [2.75, 3.05) is 6.54 Å². The van der Waals surface area contributed by atoms with Gasteiger partial charge in [-0.1, -0.05) is 0 Å². The van der Waals surface area contributed by atoms with Gasteiger partial charge in [0.25, 0.3) is 5.91 Å². The van der Waals surface area contributed by atoms with Crippen LogP contribution in [0.25, 0.3) is 11.3 Å². The van der Waals surface area contributed by atoms with Crippen molar-refractivity contribution < 1.29 is 9.18 Å². The largest absolute Gasteiger partial charge is 0.349 e. The van der Waals surface area contributed by atoms with Crippen LogP contribution in [0, 0.1) is 26.6 Å². The van der Waals surface area contributed by atoms with Gasteiger partial charge in [-0.25, -0.2) is 4.39 Å². The normalized spacial score (nSPS) is 12.2. The van der Waals surface area contributed by atoms with Crippen LogP contribution in [-0.2, 0) is 7.05 Å². The van der Waals surface area contributed by atoms with Gasteiger partial charge in [-0.2, -0.15) is 10.2 Å². The third kappa shape index (κ3) is 3.77. The van der Waals surface area contributed by atoms with Crippen molar-refractivity contribution in [3.05, 3.63) is 58.8 Å². The first-order valence-electron chi connectivity index (χ1n) is 8.88. The first kappa shape index (κ1) is 18.8. The van der Waals surface area contributed by atoms with Gasteiger partial charge in [0.1, 0.15) is 5.82 Å². The molecule has 1 N–H and O–H groups in total. The molecule has 0 saturated heterocycles. The van der Waals surface area contributed by atoms with E-state index in [0.29, 0.717) is 12.2 Å². The predicted octanol–water partition coefficient (Wildman–Crippen LogP) is 3.34. The molecule has 7 heteroatoms. The predicted molar refractivity (Wildman–Crippen MR) is 102 cm³/mol. The van der Waals surface area contributed by atoms with Crippen molar-refractivity contribution in [1.82, 2.24) is 24.9 Å². The molecule has 1 atom stereocenters. The summed E-state index contributed by atoms with van der Waals surface area (Å²) in [5.74, 6) is -0.545. The molecule has 0 aliphatic rings. The molecule has 0 spiro atoms. The topological polar surface area (TPSA) is 64.7 Å². The minimum atomic E-state index is -0.299. The van der Waals surface area contributed by atoms with E-state index >= 15 is 0 Å². The van der Waals surface area contributed by atoms with Crippen LogP contribution in [0.3, 0.4) is 0 Å². The molecule has 3 aromatic rings. The summed E-state index contributed by atoms with van der Waals surface area (Å²) in [6.07, 6.45) is 0. The molecule has 142 valence electrons. The van der Waals surface area contributed by atoms with Crippen LogP contribution in [0.4, 0.5) is 4.39 Å². The number of hydrogen-bond donors (Lipinski definition) is 1. The van der Waals surface area contributed by atoms with Gasteiger partial charge in [0.05, 0.1) is 17.4 Å². The van der Waals surface area contributed by atoms with E-state index in [-0.39, 0.29) is 17.8 Å². The van der Waals surface area contributed by atoms with Gasteiger partial charge < -0.3 is 5.32 Å². The van der Waals surface area contributed by atoms with Crippen LogP contribution in [0.2, 0.25) is 0 Å². The average Bonchev–Trinajstić information content (AvgIpc) is 3.15. The van der Waals surface area contributed by atoms with E-state index < -0.39 is 0 Å². The quantitative estimate of drug-likeness (QED) is 0.750. The Labute approximate surface area is 158 Å². The first-order chi connectivity index (χ1) is 12.8. The Morgan fingerprint density at radius 2 is 1.85 bits per heavy atom. The number of halogens is 1.